The van der Waals surface area contributed by atoms with Crippen LogP contribution >= 0.6 is 0 Å². The van der Waals surface area contributed by atoms with Gasteiger partial charge in [0.05, 0.1) is 26.4 Å². The molecule has 0 aliphatic carbocycles. The summed E-state index contributed by atoms with van der Waals surface area (Å²) in [6.07, 6.45) is 2.05. The van der Waals surface area contributed by atoms with Crippen molar-refractivity contribution in [3.05, 3.63) is 65.0 Å². The Morgan fingerprint density at radius 3 is 2.71 bits per heavy atom. The molecule has 3 heterocycles. The van der Waals surface area contributed by atoms with Crippen molar-refractivity contribution in [2.24, 2.45) is 4.99 Å². The lowest BCUT2D eigenvalue weighted by Crippen LogP contribution is -2.40. The van der Waals surface area contributed by atoms with Gasteiger partial charge in [-0.15, -0.1) is 0 Å². The molecule has 1 fully saturated rings. The van der Waals surface area contributed by atoms with E-state index in [0.29, 0.717) is 25.5 Å². The minimum atomic E-state index is -2.86. The number of ether oxygens (including phenoxy) is 2. The number of Topliss-reactive ketones (excluding diaryl/α,β-unsaturated/α-hetero) is 1. The first-order valence-corrected chi connectivity index (χ1v) is 10.4. The van der Waals surface area contributed by atoms with Gasteiger partial charge in [-0.2, -0.15) is 8.78 Å². The number of hydrogen-bond donors (Lipinski definition) is 0. The smallest absolute Gasteiger partial charge is 0.345 e. The Kier molecular flexibility index (Phi) is 6.99. The highest BCUT2D eigenvalue weighted by molar-refractivity contribution is 6.01. The molecular formula is C23H25F2N3O3. The molecule has 1 aromatic heterocycles. The number of benzene rings is 1. The fraction of sp³-hybridized carbons (Fsp3) is 0.435. The molecule has 0 saturated carbocycles. The maximum Gasteiger partial charge on any atom is 0.345 e. The standard InChI is InChI=1S/C23H25F2N3O3/c24-23(25)31-15-18(16-4-2-1-3-5-16)11-20(29)12-19-10-17-13-27-22(21(17)14-26-19)28-6-8-30-9-7-28/h1-5,10,14,18,23H,6-9,11-13,15H2/t18-/m1/s1. The van der Waals surface area contributed by atoms with Crippen LogP contribution < -0.4 is 0 Å². The van der Waals surface area contributed by atoms with E-state index in [1.54, 1.807) is 6.20 Å². The number of hydrogen-bond acceptors (Lipinski definition) is 6. The van der Waals surface area contributed by atoms with Crippen LogP contribution in [0.3, 0.4) is 0 Å². The molecule has 0 radical (unpaired) electrons. The summed E-state index contributed by atoms with van der Waals surface area (Å²) in [7, 11) is 0. The largest absolute Gasteiger partial charge is 0.378 e. The van der Waals surface area contributed by atoms with Crippen molar-refractivity contribution in [2.75, 3.05) is 32.9 Å². The zero-order valence-corrected chi connectivity index (χ0v) is 17.2. The van der Waals surface area contributed by atoms with Crippen molar-refractivity contribution in [2.45, 2.75) is 31.9 Å². The number of pyridine rings is 1. The van der Waals surface area contributed by atoms with Gasteiger partial charge in [0.25, 0.3) is 0 Å². The second-order valence-electron chi connectivity index (χ2n) is 7.69. The summed E-state index contributed by atoms with van der Waals surface area (Å²) < 4.78 is 35.0. The summed E-state index contributed by atoms with van der Waals surface area (Å²) in [5.41, 5.74) is 3.54. The SMILES string of the molecule is O=C(Cc1cc2c(cn1)C(N1CCOCC1)=NC2)C[C@H](COC(F)F)c1ccccc1. The maximum absolute atomic E-state index is 12.7. The number of aromatic nitrogens is 1. The zero-order valence-electron chi connectivity index (χ0n) is 17.2. The van der Waals surface area contributed by atoms with Crippen LogP contribution in [0.1, 0.15) is 34.7 Å². The molecule has 1 saturated heterocycles. The van der Waals surface area contributed by atoms with Crippen LogP contribution in [0.15, 0.2) is 47.6 Å². The molecule has 0 unspecified atom stereocenters. The van der Waals surface area contributed by atoms with Crippen LogP contribution in [0.5, 0.6) is 0 Å². The third-order valence-electron chi connectivity index (χ3n) is 5.54. The Morgan fingerprint density at radius 2 is 1.97 bits per heavy atom. The summed E-state index contributed by atoms with van der Waals surface area (Å²) in [5, 5.41) is 0. The Morgan fingerprint density at radius 1 is 1.19 bits per heavy atom. The number of alkyl halides is 2. The molecule has 8 heteroatoms. The van der Waals surface area contributed by atoms with E-state index in [0.717, 1.165) is 35.6 Å². The van der Waals surface area contributed by atoms with E-state index in [1.807, 2.05) is 36.4 Å². The Balaban J connectivity index is 1.40. The topological polar surface area (TPSA) is 64.0 Å². The number of amidine groups is 1. The molecule has 1 atom stereocenters. The lowest BCUT2D eigenvalue weighted by molar-refractivity contribution is -0.136. The van der Waals surface area contributed by atoms with Gasteiger partial charge in [-0.25, -0.2) is 0 Å². The van der Waals surface area contributed by atoms with Crippen molar-refractivity contribution < 1.29 is 23.0 Å². The molecule has 31 heavy (non-hydrogen) atoms. The van der Waals surface area contributed by atoms with E-state index in [-0.39, 0.29) is 25.2 Å². The quantitative estimate of drug-likeness (QED) is 0.645. The monoisotopic (exact) mass is 429 g/mol. The molecule has 4 rings (SSSR count). The van der Waals surface area contributed by atoms with E-state index in [1.165, 1.54) is 0 Å². The summed E-state index contributed by atoms with van der Waals surface area (Å²) in [5.74, 6) is 0.455. The molecule has 2 aromatic rings. The molecule has 0 N–H and O–H groups in total. The molecule has 0 bridgehead atoms. The molecule has 0 amide bonds. The average molecular weight is 429 g/mol. The van der Waals surface area contributed by atoms with Gasteiger partial charge in [0.2, 0.25) is 0 Å². The van der Waals surface area contributed by atoms with Crippen molar-refractivity contribution >= 4 is 11.6 Å². The molecular weight excluding hydrogens is 404 g/mol. The van der Waals surface area contributed by atoms with Crippen molar-refractivity contribution in [3.8, 4) is 0 Å². The van der Waals surface area contributed by atoms with Crippen molar-refractivity contribution in [1.29, 1.82) is 0 Å². The van der Waals surface area contributed by atoms with E-state index in [2.05, 4.69) is 19.6 Å². The van der Waals surface area contributed by atoms with Crippen LogP contribution in [-0.4, -0.2) is 61.0 Å². The van der Waals surface area contributed by atoms with Crippen molar-refractivity contribution in [1.82, 2.24) is 9.88 Å². The normalized spacial score (nSPS) is 16.9. The summed E-state index contributed by atoms with van der Waals surface area (Å²) in [6, 6.07) is 11.1. The van der Waals surface area contributed by atoms with E-state index in [4.69, 9.17) is 4.74 Å². The molecule has 0 spiro atoms. The van der Waals surface area contributed by atoms with E-state index < -0.39 is 12.5 Å². The number of ketones is 1. The van der Waals surface area contributed by atoms with Gasteiger partial charge < -0.3 is 14.4 Å². The van der Waals surface area contributed by atoms with Gasteiger partial charge in [0, 0.05) is 49.3 Å². The Hall–Kier alpha value is -2.71. The minimum Gasteiger partial charge on any atom is -0.378 e. The fourth-order valence-electron chi connectivity index (χ4n) is 4.00. The van der Waals surface area contributed by atoms with E-state index in [9.17, 15) is 13.6 Å². The van der Waals surface area contributed by atoms with Gasteiger partial charge in [-0.05, 0) is 17.2 Å². The average Bonchev–Trinajstić information content (AvgIpc) is 3.21. The number of nitrogens with zero attached hydrogens (tertiary/aromatic N) is 3. The number of morpholine rings is 1. The van der Waals surface area contributed by atoms with Crippen molar-refractivity contribution in [3.63, 3.8) is 0 Å². The molecule has 1 aromatic carbocycles. The predicted octanol–water partition coefficient (Wildman–Crippen LogP) is 3.20. The maximum atomic E-state index is 12.7. The first-order valence-electron chi connectivity index (χ1n) is 10.4. The predicted molar refractivity (Wildman–Crippen MR) is 111 cm³/mol. The van der Waals surface area contributed by atoms with Gasteiger partial charge in [-0.1, -0.05) is 30.3 Å². The lowest BCUT2D eigenvalue weighted by Gasteiger charge is -2.28. The van der Waals surface area contributed by atoms with Crippen LogP contribution in [0.25, 0.3) is 0 Å². The van der Waals surface area contributed by atoms with Crippen LogP contribution in [0.2, 0.25) is 0 Å². The Labute approximate surface area is 179 Å². The summed E-state index contributed by atoms with van der Waals surface area (Å²) in [6.45, 7) is 0.487. The number of carbonyl (C=O) groups excluding carboxylic acids is 1. The van der Waals surface area contributed by atoms with Gasteiger partial charge in [0.1, 0.15) is 11.6 Å². The molecule has 6 nitrogen and oxygen atoms in total. The van der Waals surface area contributed by atoms with Crippen LogP contribution in [0.4, 0.5) is 8.78 Å². The first kappa shape index (κ1) is 21.5. The number of rotatable bonds is 8. The highest BCUT2D eigenvalue weighted by Crippen LogP contribution is 2.24. The number of halogens is 2. The zero-order chi connectivity index (χ0) is 21.6. The minimum absolute atomic E-state index is 0.0634. The number of aliphatic imine (C=N–C) groups is 1. The molecule has 2 aliphatic rings. The number of fused-ring (bicyclic) bond motifs is 1. The van der Waals surface area contributed by atoms with Gasteiger partial charge in [0.15, 0.2) is 0 Å². The molecule has 2 aliphatic heterocycles. The van der Waals surface area contributed by atoms with Gasteiger partial charge >= 0.3 is 6.61 Å². The third-order valence-corrected chi connectivity index (χ3v) is 5.54. The van der Waals surface area contributed by atoms with Crippen LogP contribution in [0, 0.1) is 0 Å². The lowest BCUT2D eigenvalue weighted by atomic mass is 9.93. The van der Waals surface area contributed by atoms with E-state index >= 15 is 0 Å². The summed E-state index contributed by atoms with van der Waals surface area (Å²) >= 11 is 0. The second kappa shape index (κ2) is 10.1. The number of carbonyl (C=O) groups is 1. The first-order chi connectivity index (χ1) is 15.1. The Bertz CT molecular complexity index is 931. The highest BCUT2D eigenvalue weighted by Gasteiger charge is 2.25. The highest BCUT2D eigenvalue weighted by atomic mass is 19.3. The third kappa shape index (κ3) is 5.51. The molecule has 164 valence electrons. The summed E-state index contributed by atoms with van der Waals surface area (Å²) in [4.78, 5) is 24.1. The second-order valence-corrected chi connectivity index (χ2v) is 7.69. The van der Waals surface area contributed by atoms with Crippen LogP contribution in [-0.2, 0) is 27.2 Å². The fourth-order valence-corrected chi connectivity index (χ4v) is 4.00. The van der Waals surface area contributed by atoms with Gasteiger partial charge in [-0.3, -0.25) is 14.8 Å².